The second-order valence-electron chi connectivity index (χ2n) is 16.6. The SMILES string of the molecule is CCCCCCCCCCCOC(=O)CCCCC(=O)N1CCc2c(sc(NC(=O)CCCCCCC(=O)OCCCCCCCCC)c2C(=O)OCCCN(C)C)C1. The number of carbonyl (C=O) groups is 5. The Morgan fingerprint density at radius 2 is 1.07 bits per heavy atom. The van der Waals surface area contributed by atoms with Crippen LogP contribution in [0.3, 0.4) is 0 Å². The van der Waals surface area contributed by atoms with Crippen LogP contribution >= 0.6 is 11.3 Å². The topological polar surface area (TPSA) is 132 Å². The zero-order valence-corrected chi connectivity index (χ0v) is 38.4. The lowest BCUT2D eigenvalue weighted by Crippen LogP contribution is -2.35. The lowest BCUT2D eigenvalue weighted by atomic mass is 10.0. The van der Waals surface area contributed by atoms with Gasteiger partial charge in [0.25, 0.3) is 0 Å². The van der Waals surface area contributed by atoms with Crippen LogP contribution in [0, 0.1) is 0 Å². The van der Waals surface area contributed by atoms with Crippen LogP contribution in [0.5, 0.6) is 0 Å². The maximum atomic E-state index is 13.4. The summed E-state index contributed by atoms with van der Waals surface area (Å²) in [6.45, 7) is 7.33. The number of amides is 2. The van der Waals surface area contributed by atoms with Crippen molar-refractivity contribution in [2.45, 2.75) is 200 Å². The highest BCUT2D eigenvalue weighted by molar-refractivity contribution is 7.17. The van der Waals surface area contributed by atoms with Crippen LogP contribution in [0.2, 0.25) is 0 Å². The van der Waals surface area contributed by atoms with Gasteiger partial charge in [0, 0.05) is 43.6 Å². The van der Waals surface area contributed by atoms with Crippen molar-refractivity contribution < 1.29 is 38.2 Å². The normalized spacial score (nSPS) is 12.4. The molecular weight excluding hydrogens is 767 g/mol. The quantitative estimate of drug-likeness (QED) is 0.0398. The van der Waals surface area contributed by atoms with E-state index in [0.29, 0.717) is 94.7 Å². The van der Waals surface area contributed by atoms with Gasteiger partial charge in [0.2, 0.25) is 11.8 Å². The predicted molar refractivity (Wildman–Crippen MR) is 239 cm³/mol. The molecule has 0 unspecified atom stereocenters. The third kappa shape index (κ3) is 24.8. The number of anilines is 1. The van der Waals surface area contributed by atoms with Crippen LogP contribution < -0.4 is 5.32 Å². The molecule has 1 aromatic heterocycles. The Balaban J connectivity index is 1.75. The number of nitrogens with one attached hydrogen (secondary N) is 1. The fraction of sp³-hybridized carbons (Fsp3) is 0.809. The van der Waals surface area contributed by atoms with Gasteiger partial charge >= 0.3 is 17.9 Å². The molecule has 0 aliphatic carbocycles. The molecule has 0 bridgehead atoms. The smallest absolute Gasteiger partial charge is 0.341 e. The van der Waals surface area contributed by atoms with Crippen LogP contribution in [0.4, 0.5) is 5.00 Å². The number of unbranched alkanes of at least 4 members (excludes halogenated alkanes) is 18. The molecule has 1 aromatic rings. The zero-order valence-electron chi connectivity index (χ0n) is 37.6. The van der Waals surface area contributed by atoms with Crippen molar-refractivity contribution in [1.82, 2.24) is 9.80 Å². The maximum absolute atomic E-state index is 13.4. The maximum Gasteiger partial charge on any atom is 0.341 e. The number of fused-ring (bicyclic) bond motifs is 1. The van der Waals surface area contributed by atoms with Gasteiger partial charge in [-0.05, 0) is 71.0 Å². The number of rotatable bonds is 36. The summed E-state index contributed by atoms with van der Waals surface area (Å²) in [7, 11) is 3.94. The number of ether oxygens (including phenoxy) is 3. The van der Waals surface area contributed by atoms with Crippen molar-refractivity contribution in [3.63, 3.8) is 0 Å². The summed E-state index contributed by atoms with van der Waals surface area (Å²) >= 11 is 1.35. The third-order valence-electron chi connectivity index (χ3n) is 10.9. The van der Waals surface area contributed by atoms with Crippen molar-refractivity contribution in [3.8, 4) is 0 Å². The first-order valence-corrected chi connectivity index (χ1v) is 24.3. The average Bonchev–Trinajstić information content (AvgIpc) is 3.57. The van der Waals surface area contributed by atoms with Gasteiger partial charge in [0.15, 0.2) is 0 Å². The fourth-order valence-electron chi connectivity index (χ4n) is 7.33. The van der Waals surface area contributed by atoms with Crippen LogP contribution in [-0.4, -0.2) is 86.5 Å². The summed E-state index contributed by atoms with van der Waals surface area (Å²) < 4.78 is 16.5. The number of esters is 3. The Kier molecular flexibility index (Phi) is 29.8. The van der Waals surface area contributed by atoms with E-state index in [1.165, 1.54) is 88.4 Å². The van der Waals surface area contributed by atoms with Gasteiger partial charge in [-0.25, -0.2) is 4.79 Å². The molecule has 338 valence electrons. The monoisotopic (exact) mass is 848 g/mol. The minimum Gasteiger partial charge on any atom is -0.466 e. The molecule has 0 aromatic carbocycles. The van der Waals surface area contributed by atoms with Crippen LogP contribution in [0.25, 0.3) is 0 Å². The third-order valence-corrected chi connectivity index (χ3v) is 12.1. The number of nitrogens with zero attached hydrogens (tertiary/aromatic N) is 2. The minimum atomic E-state index is -0.445. The van der Waals surface area contributed by atoms with Gasteiger partial charge in [-0.15, -0.1) is 11.3 Å². The summed E-state index contributed by atoms with van der Waals surface area (Å²) in [6.07, 6.45) is 26.1. The molecule has 11 nitrogen and oxygen atoms in total. The van der Waals surface area contributed by atoms with Crippen molar-refractivity contribution in [3.05, 3.63) is 16.0 Å². The number of thiophene rings is 1. The van der Waals surface area contributed by atoms with Gasteiger partial charge in [0.05, 0.1) is 31.9 Å². The number of carbonyl (C=O) groups excluding carboxylic acids is 5. The van der Waals surface area contributed by atoms with Gasteiger partial charge in [-0.3, -0.25) is 19.2 Å². The van der Waals surface area contributed by atoms with Crippen LogP contribution in [-0.2, 0) is 46.4 Å². The van der Waals surface area contributed by atoms with Crippen LogP contribution in [0.15, 0.2) is 0 Å². The van der Waals surface area contributed by atoms with Crippen molar-refractivity contribution in [1.29, 1.82) is 0 Å². The first kappa shape index (κ1) is 52.1. The summed E-state index contributed by atoms with van der Waals surface area (Å²) in [4.78, 5) is 68.8. The van der Waals surface area contributed by atoms with Crippen molar-refractivity contribution >= 4 is 46.1 Å². The fourth-order valence-corrected chi connectivity index (χ4v) is 8.60. The van der Waals surface area contributed by atoms with E-state index in [-0.39, 0.29) is 30.4 Å². The van der Waals surface area contributed by atoms with Crippen molar-refractivity contribution in [2.75, 3.05) is 52.3 Å². The summed E-state index contributed by atoms with van der Waals surface area (Å²) in [5.41, 5.74) is 1.26. The summed E-state index contributed by atoms with van der Waals surface area (Å²) in [5.74, 6) is -0.931. The van der Waals surface area contributed by atoms with E-state index in [2.05, 4.69) is 19.2 Å². The summed E-state index contributed by atoms with van der Waals surface area (Å²) in [6, 6.07) is 0. The minimum absolute atomic E-state index is 0.0203. The first-order valence-electron chi connectivity index (χ1n) is 23.5. The lowest BCUT2D eigenvalue weighted by molar-refractivity contribution is -0.144. The molecule has 59 heavy (non-hydrogen) atoms. The standard InChI is InChI=1S/C47H81N3O8S/c1-5-7-9-11-13-14-16-20-26-36-57-44(54)31-24-23-29-42(52)50-34-32-39-40(38-50)59-46(45(39)47(55)58-37-27-33-49(3)4)48-41(51)28-21-17-18-22-30-43(53)56-35-25-19-15-12-10-8-6-2/h5-38H2,1-4H3,(H,48,51). The molecule has 0 saturated heterocycles. The molecule has 1 aliphatic rings. The second-order valence-corrected chi connectivity index (χ2v) is 17.7. The van der Waals surface area contributed by atoms with Gasteiger partial charge < -0.3 is 29.3 Å². The Hall–Kier alpha value is -2.99. The van der Waals surface area contributed by atoms with E-state index in [4.69, 9.17) is 14.2 Å². The van der Waals surface area contributed by atoms with Gasteiger partial charge in [-0.1, -0.05) is 117 Å². The number of hydrogen-bond acceptors (Lipinski definition) is 10. The molecule has 0 fully saturated rings. The van der Waals surface area contributed by atoms with E-state index in [9.17, 15) is 24.0 Å². The molecule has 0 saturated carbocycles. The number of hydrogen-bond donors (Lipinski definition) is 1. The summed E-state index contributed by atoms with van der Waals surface area (Å²) in [5, 5.41) is 3.48. The predicted octanol–water partition coefficient (Wildman–Crippen LogP) is 10.9. The zero-order chi connectivity index (χ0) is 42.9. The molecule has 0 radical (unpaired) electrons. The lowest BCUT2D eigenvalue weighted by Gasteiger charge is -2.27. The molecule has 0 spiro atoms. The van der Waals surface area contributed by atoms with E-state index in [1.807, 2.05) is 23.9 Å². The average molecular weight is 848 g/mol. The Morgan fingerprint density at radius 1 is 0.593 bits per heavy atom. The molecule has 0 atom stereocenters. The molecule has 12 heteroatoms. The second kappa shape index (κ2) is 33.7. The Bertz CT molecular complexity index is 1330. The molecule has 2 amide bonds. The van der Waals surface area contributed by atoms with Gasteiger partial charge in [0.1, 0.15) is 5.00 Å². The first-order chi connectivity index (χ1) is 28.7. The highest BCUT2D eigenvalue weighted by Gasteiger charge is 2.31. The van der Waals surface area contributed by atoms with Crippen molar-refractivity contribution in [2.24, 2.45) is 0 Å². The molecule has 1 N–H and O–H groups in total. The highest BCUT2D eigenvalue weighted by atomic mass is 32.1. The van der Waals surface area contributed by atoms with E-state index in [1.54, 1.807) is 0 Å². The van der Waals surface area contributed by atoms with E-state index >= 15 is 0 Å². The van der Waals surface area contributed by atoms with Crippen LogP contribution in [0.1, 0.15) is 208 Å². The van der Waals surface area contributed by atoms with Gasteiger partial charge in [-0.2, -0.15) is 0 Å². The largest absolute Gasteiger partial charge is 0.466 e. The molecule has 2 heterocycles. The Morgan fingerprint density at radius 3 is 1.63 bits per heavy atom. The molecule has 1 aliphatic heterocycles. The highest BCUT2D eigenvalue weighted by Crippen LogP contribution is 2.38. The Labute approximate surface area is 361 Å². The molecular formula is C47H81N3O8S. The molecule has 2 rings (SSSR count). The van der Waals surface area contributed by atoms with E-state index in [0.717, 1.165) is 61.9 Å². The van der Waals surface area contributed by atoms with E-state index < -0.39 is 5.97 Å².